The molecule has 0 bridgehead atoms. The van der Waals surface area contributed by atoms with Crippen molar-refractivity contribution in [3.8, 4) is 0 Å². The van der Waals surface area contributed by atoms with Crippen LogP contribution in [0.2, 0.25) is 0 Å². The number of hydrogen-bond acceptors (Lipinski definition) is 3. The van der Waals surface area contributed by atoms with E-state index in [2.05, 4.69) is 5.32 Å². The molecule has 12 heavy (non-hydrogen) atoms. The van der Waals surface area contributed by atoms with E-state index in [1.54, 1.807) is 0 Å². The maximum atomic E-state index is 8.06. The van der Waals surface area contributed by atoms with Gasteiger partial charge in [-0.05, 0) is 24.6 Å². The second-order valence-electron chi connectivity index (χ2n) is 2.84. The number of aliphatic hydroxyl groups excluding tert-OH is 1. The molecule has 66 valence electrons. The average Bonchev–Trinajstić information content (AvgIpc) is 2.72. The number of benzene rings is 1. The number of rotatable bonds is 0. The highest BCUT2D eigenvalue weighted by Gasteiger charge is 2.13. The highest BCUT2D eigenvalue weighted by atomic mass is 16.3. The highest BCUT2D eigenvalue weighted by molar-refractivity contribution is 5.39. The van der Waals surface area contributed by atoms with Crippen molar-refractivity contribution in [3.63, 3.8) is 0 Å². The van der Waals surface area contributed by atoms with Gasteiger partial charge in [0.25, 0.3) is 0 Å². The van der Waals surface area contributed by atoms with Crippen molar-refractivity contribution >= 4 is 5.69 Å². The highest BCUT2D eigenvalue weighted by Crippen LogP contribution is 2.03. The second kappa shape index (κ2) is 4.09. The van der Waals surface area contributed by atoms with Crippen molar-refractivity contribution in [2.45, 2.75) is 13.2 Å². The summed E-state index contributed by atoms with van der Waals surface area (Å²) in [5, 5.41) is 10.7. The molecule has 0 amide bonds. The van der Waals surface area contributed by atoms with E-state index >= 15 is 0 Å². The summed E-state index contributed by atoms with van der Waals surface area (Å²) in [6, 6.07) is 7.80. The monoisotopic (exact) mass is 166 g/mol. The molecule has 1 fully saturated rings. The van der Waals surface area contributed by atoms with Crippen LogP contribution in [-0.2, 0) is 0 Å². The SMILES string of the molecule is Cc1cccc(N)c1.OC1CN1. The number of aliphatic hydroxyl groups is 1. The predicted octanol–water partition coefficient (Wildman–Crippen LogP) is 0.485. The zero-order valence-electron chi connectivity index (χ0n) is 7.12. The molecule has 2 rings (SSSR count). The minimum Gasteiger partial charge on any atom is -0.399 e. The Bertz CT molecular complexity index is 229. The van der Waals surface area contributed by atoms with E-state index in [4.69, 9.17) is 10.8 Å². The Labute approximate surface area is 72.2 Å². The third-order valence-electron chi connectivity index (χ3n) is 1.43. The number of nitrogens with two attached hydrogens (primary N) is 1. The van der Waals surface area contributed by atoms with Crippen molar-refractivity contribution in [1.82, 2.24) is 5.32 Å². The average molecular weight is 166 g/mol. The molecule has 1 saturated heterocycles. The molecule has 1 heterocycles. The van der Waals surface area contributed by atoms with Crippen molar-refractivity contribution in [2.75, 3.05) is 12.3 Å². The van der Waals surface area contributed by atoms with Gasteiger partial charge in [-0.15, -0.1) is 0 Å². The first-order chi connectivity index (χ1) is 5.68. The molecule has 0 spiro atoms. The molecule has 0 saturated carbocycles. The first-order valence-electron chi connectivity index (χ1n) is 3.92. The van der Waals surface area contributed by atoms with Gasteiger partial charge in [-0.2, -0.15) is 0 Å². The fourth-order valence-electron chi connectivity index (χ4n) is 0.723. The van der Waals surface area contributed by atoms with Gasteiger partial charge in [0, 0.05) is 12.2 Å². The topological polar surface area (TPSA) is 68.2 Å². The Kier molecular flexibility index (Phi) is 3.08. The standard InChI is InChI=1S/C7H9N.C2H5NO/c1-6-3-2-4-7(8)5-6;4-2-1-3-2/h2-5H,8H2,1H3;2-4H,1H2. The third kappa shape index (κ3) is 3.95. The quantitative estimate of drug-likeness (QED) is 0.388. The van der Waals surface area contributed by atoms with Crippen LogP contribution < -0.4 is 11.1 Å². The summed E-state index contributed by atoms with van der Waals surface area (Å²) >= 11 is 0. The van der Waals surface area contributed by atoms with E-state index in [-0.39, 0.29) is 6.23 Å². The summed E-state index contributed by atoms with van der Waals surface area (Å²) in [7, 11) is 0. The van der Waals surface area contributed by atoms with Gasteiger partial charge in [0.1, 0.15) is 6.23 Å². The summed E-state index contributed by atoms with van der Waals surface area (Å²) in [4.78, 5) is 0. The molecule has 3 nitrogen and oxygen atoms in total. The van der Waals surface area contributed by atoms with Crippen LogP contribution in [0.1, 0.15) is 5.56 Å². The summed E-state index contributed by atoms with van der Waals surface area (Å²) < 4.78 is 0. The smallest absolute Gasteiger partial charge is 0.117 e. The summed E-state index contributed by atoms with van der Waals surface area (Å²) in [6.45, 7) is 2.82. The van der Waals surface area contributed by atoms with Crippen molar-refractivity contribution < 1.29 is 5.11 Å². The lowest BCUT2D eigenvalue weighted by Gasteiger charge is -1.91. The van der Waals surface area contributed by atoms with E-state index in [9.17, 15) is 0 Å². The predicted molar refractivity (Wildman–Crippen MR) is 49.6 cm³/mol. The van der Waals surface area contributed by atoms with Crippen LogP contribution in [0.4, 0.5) is 5.69 Å². The van der Waals surface area contributed by atoms with E-state index in [0.29, 0.717) is 0 Å². The molecule has 0 aliphatic carbocycles. The Morgan fingerprint density at radius 3 is 2.42 bits per heavy atom. The van der Waals surface area contributed by atoms with Gasteiger partial charge in [0.2, 0.25) is 0 Å². The second-order valence-corrected chi connectivity index (χ2v) is 2.84. The third-order valence-corrected chi connectivity index (χ3v) is 1.43. The van der Waals surface area contributed by atoms with E-state index in [1.165, 1.54) is 5.56 Å². The lowest BCUT2D eigenvalue weighted by molar-refractivity contribution is 0.274. The van der Waals surface area contributed by atoms with Gasteiger partial charge in [-0.25, -0.2) is 0 Å². The Morgan fingerprint density at radius 2 is 2.17 bits per heavy atom. The number of nitrogens with one attached hydrogen (secondary N) is 1. The minimum absolute atomic E-state index is 0.167. The normalized spacial score (nSPS) is 19.3. The summed E-state index contributed by atoms with van der Waals surface area (Å²) in [5.74, 6) is 0. The molecular weight excluding hydrogens is 152 g/mol. The van der Waals surface area contributed by atoms with Crippen LogP contribution in [0.5, 0.6) is 0 Å². The molecule has 1 atom stereocenters. The van der Waals surface area contributed by atoms with Gasteiger partial charge >= 0.3 is 0 Å². The largest absolute Gasteiger partial charge is 0.399 e. The fourth-order valence-corrected chi connectivity index (χ4v) is 0.723. The first-order valence-corrected chi connectivity index (χ1v) is 3.92. The number of anilines is 1. The Balaban J connectivity index is 0.000000150. The molecular formula is C9H14N2O. The number of β-amino-alcohol motifs (C(OH)–C–C–N with tert-alkyl or cyclic N) is 1. The van der Waals surface area contributed by atoms with Gasteiger partial charge in [0.15, 0.2) is 0 Å². The number of nitrogen functional groups attached to an aromatic ring is 1. The molecule has 0 aromatic heterocycles. The van der Waals surface area contributed by atoms with Crippen LogP contribution in [0.25, 0.3) is 0 Å². The van der Waals surface area contributed by atoms with Crippen molar-refractivity contribution in [3.05, 3.63) is 29.8 Å². The molecule has 1 aliphatic heterocycles. The van der Waals surface area contributed by atoms with Gasteiger partial charge in [-0.3, -0.25) is 5.32 Å². The van der Waals surface area contributed by atoms with Crippen LogP contribution >= 0.6 is 0 Å². The molecule has 1 aromatic carbocycles. The maximum absolute atomic E-state index is 8.06. The summed E-state index contributed by atoms with van der Waals surface area (Å²) in [6.07, 6.45) is -0.167. The molecule has 1 aromatic rings. The van der Waals surface area contributed by atoms with Gasteiger partial charge in [-0.1, -0.05) is 12.1 Å². The lowest BCUT2D eigenvalue weighted by atomic mass is 10.2. The summed E-state index contributed by atoms with van der Waals surface area (Å²) in [5.41, 5.74) is 7.51. The minimum atomic E-state index is -0.167. The number of aryl methyl sites for hydroxylation is 1. The molecule has 4 N–H and O–H groups in total. The molecule has 3 heteroatoms. The van der Waals surface area contributed by atoms with E-state index < -0.39 is 0 Å². The Hall–Kier alpha value is -1.06. The van der Waals surface area contributed by atoms with Crippen LogP contribution in [0.15, 0.2) is 24.3 Å². The first kappa shape index (κ1) is 9.03. The van der Waals surface area contributed by atoms with E-state index in [1.807, 2.05) is 31.2 Å². The zero-order chi connectivity index (χ0) is 8.97. The zero-order valence-corrected chi connectivity index (χ0v) is 7.12. The molecule has 1 aliphatic rings. The molecule has 1 unspecified atom stereocenters. The van der Waals surface area contributed by atoms with Gasteiger partial charge < -0.3 is 10.8 Å². The maximum Gasteiger partial charge on any atom is 0.117 e. The van der Waals surface area contributed by atoms with Crippen molar-refractivity contribution in [2.24, 2.45) is 0 Å². The fraction of sp³-hybridized carbons (Fsp3) is 0.333. The Morgan fingerprint density at radius 1 is 1.58 bits per heavy atom. The van der Waals surface area contributed by atoms with Crippen LogP contribution in [0, 0.1) is 6.92 Å². The lowest BCUT2D eigenvalue weighted by Crippen LogP contribution is -1.82. The van der Waals surface area contributed by atoms with E-state index in [0.717, 1.165) is 12.2 Å². The van der Waals surface area contributed by atoms with Crippen LogP contribution in [-0.4, -0.2) is 17.9 Å². The van der Waals surface area contributed by atoms with Crippen molar-refractivity contribution in [1.29, 1.82) is 0 Å². The molecule has 0 radical (unpaired) electrons. The number of hydrogen-bond donors (Lipinski definition) is 3. The van der Waals surface area contributed by atoms with Gasteiger partial charge in [0.05, 0.1) is 0 Å². The van der Waals surface area contributed by atoms with Crippen LogP contribution in [0.3, 0.4) is 0 Å².